The number of aromatic nitrogens is 2. The minimum absolute atomic E-state index is 0.0917. The van der Waals surface area contributed by atoms with Crippen LogP contribution in [0.15, 0.2) is 47.5 Å². The fourth-order valence-electron chi connectivity index (χ4n) is 5.08. The molecule has 1 amide bonds. The monoisotopic (exact) mass is 629 g/mol. The number of sulfonamides is 1. The maximum atomic E-state index is 13.0. The quantitative estimate of drug-likeness (QED) is 0.364. The summed E-state index contributed by atoms with van der Waals surface area (Å²) in [4.78, 5) is 26.1. The number of methoxy groups -OCH3 is 1. The van der Waals surface area contributed by atoms with Crippen molar-refractivity contribution < 1.29 is 22.7 Å². The lowest BCUT2D eigenvalue weighted by Crippen LogP contribution is -2.45. The molecule has 0 saturated carbocycles. The standard InChI is InChI=1S/C29H36ClN7O5S/c1-35(2)43(39,40)26-7-5-4-6-23(26)32-28-22(30)18-31-29(34-28)33-24-16-20-8-10-37(11-9-21(20)17-25(24)41-3)27(38)19-36-12-14-42-15-13-36/h4-7,16-18H,8-15,19H2,1-3H3,(H2,31,32,33,34). The van der Waals surface area contributed by atoms with Gasteiger partial charge in [-0.2, -0.15) is 4.98 Å². The van der Waals surface area contributed by atoms with Crippen molar-refractivity contribution in [1.29, 1.82) is 0 Å². The van der Waals surface area contributed by atoms with Gasteiger partial charge in [-0.3, -0.25) is 9.69 Å². The summed E-state index contributed by atoms with van der Waals surface area (Å²) in [6.07, 6.45) is 2.87. The molecule has 1 aromatic heterocycles. The molecule has 1 saturated heterocycles. The zero-order valence-corrected chi connectivity index (χ0v) is 26.0. The Balaban J connectivity index is 1.33. The molecule has 2 aromatic carbocycles. The van der Waals surface area contributed by atoms with Crippen molar-refractivity contribution in [2.75, 3.05) is 77.8 Å². The van der Waals surface area contributed by atoms with Gasteiger partial charge < -0.3 is 25.0 Å². The molecule has 0 unspecified atom stereocenters. The lowest BCUT2D eigenvalue weighted by Gasteiger charge is -2.29. The molecule has 43 heavy (non-hydrogen) atoms. The number of nitrogens with zero attached hydrogens (tertiary/aromatic N) is 5. The molecule has 1 fully saturated rings. The van der Waals surface area contributed by atoms with Crippen molar-refractivity contribution in [3.05, 3.63) is 58.7 Å². The van der Waals surface area contributed by atoms with E-state index in [-0.39, 0.29) is 27.6 Å². The molecule has 2 N–H and O–H groups in total. The van der Waals surface area contributed by atoms with Gasteiger partial charge in [0.05, 0.1) is 44.4 Å². The molecular formula is C29H36ClN7O5S. The van der Waals surface area contributed by atoms with Crippen LogP contribution < -0.4 is 15.4 Å². The Labute approximate surface area is 257 Å². The SMILES string of the molecule is COc1cc2c(cc1Nc1ncc(Cl)c(Nc3ccccc3S(=O)(=O)N(C)C)n1)CCN(C(=O)CN1CCOCC1)CC2. The summed E-state index contributed by atoms with van der Waals surface area (Å²) in [5, 5.41) is 6.50. The van der Waals surface area contributed by atoms with E-state index in [9.17, 15) is 13.2 Å². The Morgan fingerprint density at radius 3 is 2.44 bits per heavy atom. The summed E-state index contributed by atoms with van der Waals surface area (Å²) in [5.41, 5.74) is 3.23. The number of benzene rings is 2. The molecule has 3 heterocycles. The Kier molecular flexibility index (Phi) is 9.67. The molecule has 12 nitrogen and oxygen atoms in total. The van der Waals surface area contributed by atoms with Gasteiger partial charge >= 0.3 is 0 Å². The number of ether oxygens (including phenoxy) is 2. The van der Waals surface area contributed by atoms with E-state index in [1.165, 1.54) is 26.4 Å². The first kappa shape index (κ1) is 31.0. The Morgan fingerprint density at radius 1 is 1.05 bits per heavy atom. The van der Waals surface area contributed by atoms with Crippen LogP contribution in [0.2, 0.25) is 5.02 Å². The number of nitrogens with one attached hydrogen (secondary N) is 2. The molecule has 2 aliphatic rings. The first-order valence-corrected chi connectivity index (χ1v) is 15.8. The number of para-hydroxylation sites is 1. The van der Waals surface area contributed by atoms with E-state index >= 15 is 0 Å². The van der Waals surface area contributed by atoms with E-state index in [0.29, 0.717) is 56.4 Å². The number of hydrogen-bond acceptors (Lipinski definition) is 10. The van der Waals surface area contributed by atoms with Crippen LogP contribution in [0.25, 0.3) is 0 Å². The number of carbonyl (C=O) groups is 1. The molecule has 2 aliphatic heterocycles. The summed E-state index contributed by atoms with van der Waals surface area (Å²) in [6, 6.07) is 10.5. The first-order valence-electron chi connectivity index (χ1n) is 14.0. The van der Waals surface area contributed by atoms with Crippen LogP contribution in [-0.2, 0) is 32.4 Å². The number of rotatable bonds is 9. The second-order valence-electron chi connectivity index (χ2n) is 10.5. The highest BCUT2D eigenvalue weighted by Crippen LogP contribution is 2.34. The fraction of sp³-hybridized carbons (Fsp3) is 0.414. The van der Waals surface area contributed by atoms with Crippen LogP contribution in [0.4, 0.5) is 23.1 Å². The van der Waals surface area contributed by atoms with Gasteiger partial charge in [0.1, 0.15) is 15.7 Å². The average molecular weight is 630 g/mol. The summed E-state index contributed by atoms with van der Waals surface area (Å²) in [7, 11) is 0.826. The van der Waals surface area contributed by atoms with Crippen molar-refractivity contribution in [1.82, 2.24) is 24.1 Å². The summed E-state index contributed by atoms with van der Waals surface area (Å²) >= 11 is 6.41. The molecule has 14 heteroatoms. The molecule has 0 spiro atoms. The number of halogens is 1. The number of carbonyl (C=O) groups excluding carboxylic acids is 1. The van der Waals surface area contributed by atoms with E-state index in [2.05, 4.69) is 25.5 Å². The second-order valence-corrected chi connectivity index (χ2v) is 13.0. The van der Waals surface area contributed by atoms with E-state index in [4.69, 9.17) is 21.1 Å². The van der Waals surface area contributed by atoms with Crippen molar-refractivity contribution in [3.8, 4) is 5.75 Å². The molecule has 0 radical (unpaired) electrons. The maximum Gasteiger partial charge on any atom is 0.244 e. The van der Waals surface area contributed by atoms with E-state index in [1.54, 1.807) is 25.3 Å². The zero-order chi connectivity index (χ0) is 30.6. The smallest absolute Gasteiger partial charge is 0.244 e. The van der Waals surface area contributed by atoms with Gasteiger partial charge in [0.25, 0.3) is 0 Å². The van der Waals surface area contributed by atoms with Gasteiger partial charge in [-0.25, -0.2) is 17.7 Å². The van der Waals surface area contributed by atoms with E-state index in [0.717, 1.165) is 34.9 Å². The predicted octanol–water partition coefficient (Wildman–Crippen LogP) is 3.14. The lowest BCUT2D eigenvalue weighted by atomic mass is 10.0. The van der Waals surface area contributed by atoms with E-state index < -0.39 is 10.0 Å². The van der Waals surface area contributed by atoms with Gasteiger partial charge in [-0.1, -0.05) is 23.7 Å². The maximum absolute atomic E-state index is 13.0. The Bertz CT molecular complexity index is 1580. The molecule has 230 valence electrons. The number of amides is 1. The van der Waals surface area contributed by atoms with Gasteiger partial charge in [0, 0.05) is 40.3 Å². The third-order valence-corrected chi connectivity index (χ3v) is 9.68. The Hall–Kier alpha value is -3.49. The lowest BCUT2D eigenvalue weighted by molar-refractivity contribution is -0.133. The van der Waals surface area contributed by atoms with Crippen LogP contribution in [0.3, 0.4) is 0 Å². The van der Waals surface area contributed by atoms with Gasteiger partial charge in [0.2, 0.25) is 21.9 Å². The number of fused-ring (bicyclic) bond motifs is 1. The summed E-state index contributed by atoms with van der Waals surface area (Å²) in [6.45, 7) is 4.56. The number of anilines is 4. The minimum atomic E-state index is -3.72. The molecule has 0 aliphatic carbocycles. The summed E-state index contributed by atoms with van der Waals surface area (Å²) < 4.78 is 38.0. The number of hydrogen-bond donors (Lipinski definition) is 2. The molecule has 5 rings (SSSR count). The normalized spacial score (nSPS) is 16.0. The zero-order valence-electron chi connectivity index (χ0n) is 24.5. The topological polar surface area (TPSA) is 129 Å². The summed E-state index contributed by atoms with van der Waals surface area (Å²) in [5.74, 6) is 1.23. The van der Waals surface area contributed by atoms with E-state index in [1.807, 2.05) is 17.0 Å². The molecule has 0 atom stereocenters. The average Bonchev–Trinajstić information content (AvgIpc) is 3.21. The van der Waals surface area contributed by atoms with Gasteiger partial charge in [-0.05, 0) is 48.2 Å². The van der Waals surface area contributed by atoms with Gasteiger partial charge in [-0.15, -0.1) is 0 Å². The third-order valence-electron chi connectivity index (χ3n) is 7.53. The van der Waals surface area contributed by atoms with Crippen molar-refractivity contribution in [2.24, 2.45) is 0 Å². The van der Waals surface area contributed by atoms with Crippen LogP contribution in [-0.4, -0.2) is 106 Å². The molecular weight excluding hydrogens is 594 g/mol. The largest absolute Gasteiger partial charge is 0.495 e. The van der Waals surface area contributed by atoms with Crippen molar-refractivity contribution >= 4 is 50.7 Å². The highest BCUT2D eigenvalue weighted by molar-refractivity contribution is 7.89. The Morgan fingerprint density at radius 2 is 1.74 bits per heavy atom. The predicted molar refractivity (Wildman–Crippen MR) is 165 cm³/mol. The second kappa shape index (κ2) is 13.4. The molecule has 3 aromatic rings. The van der Waals surface area contributed by atoms with Crippen molar-refractivity contribution in [3.63, 3.8) is 0 Å². The van der Waals surface area contributed by atoms with Crippen LogP contribution in [0, 0.1) is 0 Å². The third kappa shape index (κ3) is 7.19. The fourth-order valence-corrected chi connectivity index (χ4v) is 6.26. The number of morpholine rings is 1. The molecule has 0 bridgehead atoms. The highest BCUT2D eigenvalue weighted by atomic mass is 35.5. The van der Waals surface area contributed by atoms with Crippen LogP contribution >= 0.6 is 11.6 Å². The highest BCUT2D eigenvalue weighted by Gasteiger charge is 2.24. The van der Waals surface area contributed by atoms with Crippen LogP contribution in [0.1, 0.15) is 11.1 Å². The van der Waals surface area contributed by atoms with Gasteiger partial charge in [0.15, 0.2) is 5.82 Å². The van der Waals surface area contributed by atoms with Crippen molar-refractivity contribution in [2.45, 2.75) is 17.7 Å². The minimum Gasteiger partial charge on any atom is -0.495 e. The first-order chi connectivity index (χ1) is 20.7. The van der Waals surface area contributed by atoms with Crippen LogP contribution in [0.5, 0.6) is 5.75 Å².